The first-order valence-electron chi connectivity index (χ1n) is 9.03. The highest BCUT2D eigenvalue weighted by molar-refractivity contribution is 6.93. The number of nitrogens with one attached hydrogen (secondary N) is 2. The number of carboxylic acid groups (broad SMARTS) is 1. The number of hydrogen-bond donors (Lipinski definition) is 3. The van der Waals surface area contributed by atoms with Crippen LogP contribution in [0.3, 0.4) is 0 Å². The van der Waals surface area contributed by atoms with E-state index < -0.39 is 51.8 Å². The minimum Gasteiger partial charge on any atom is -0.478 e. The lowest BCUT2D eigenvalue weighted by molar-refractivity contribution is -0.137. The highest BCUT2D eigenvalue weighted by atomic mass is 35.5. The van der Waals surface area contributed by atoms with Gasteiger partial charge in [-0.15, -0.1) is 0 Å². The fourth-order valence-corrected chi connectivity index (χ4v) is 2.43. The molecular weight excluding hydrogens is 509 g/mol. The molecule has 0 saturated carbocycles. The summed E-state index contributed by atoms with van der Waals surface area (Å²) in [6.07, 6.45) is -4.84. The number of nitrogens with zero attached hydrogens (tertiary/aromatic N) is 1. The molecule has 0 heterocycles. The minimum atomic E-state index is -4.84. The van der Waals surface area contributed by atoms with Crippen LogP contribution in [0.5, 0.6) is 0 Å². The lowest BCUT2D eigenvalue weighted by Crippen LogP contribution is -2.48. The summed E-state index contributed by atoms with van der Waals surface area (Å²) in [5.74, 6) is -3.47. The zero-order valence-electron chi connectivity index (χ0n) is 17.4. The lowest BCUT2D eigenvalue weighted by Gasteiger charge is -2.22. The van der Waals surface area contributed by atoms with Crippen LogP contribution in [0.15, 0.2) is 42.5 Å². The molecule has 2 aromatic carbocycles. The van der Waals surface area contributed by atoms with Gasteiger partial charge >= 0.3 is 22.9 Å². The van der Waals surface area contributed by atoms with Crippen LogP contribution in [0, 0.1) is 5.82 Å². The Hall–Kier alpha value is -3.38. The first kappa shape index (κ1) is 28.7. The number of halogens is 6. The van der Waals surface area contributed by atoms with Gasteiger partial charge in [-0.3, -0.25) is 15.0 Å². The van der Waals surface area contributed by atoms with Crippen molar-refractivity contribution in [1.82, 2.24) is 15.8 Å². The highest BCUT2D eigenvalue weighted by Gasteiger charge is 2.32. The Labute approximate surface area is 200 Å². The van der Waals surface area contributed by atoms with Crippen LogP contribution in [0.25, 0.3) is 0 Å². The van der Waals surface area contributed by atoms with Crippen molar-refractivity contribution in [2.45, 2.75) is 19.1 Å². The van der Waals surface area contributed by atoms with Crippen LogP contribution in [-0.4, -0.2) is 39.8 Å². The van der Waals surface area contributed by atoms with Crippen molar-refractivity contribution in [3.05, 3.63) is 70.5 Å². The van der Waals surface area contributed by atoms with Crippen molar-refractivity contribution < 1.29 is 41.8 Å². The number of carbonyl (C=O) groups is 4. The van der Waals surface area contributed by atoms with Crippen LogP contribution in [0.1, 0.15) is 44.8 Å². The lowest BCUT2D eigenvalue weighted by atomic mass is 10.1. The van der Waals surface area contributed by atoms with Gasteiger partial charge in [-0.1, -0.05) is 12.1 Å². The van der Waals surface area contributed by atoms with Crippen LogP contribution in [0.4, 0.5) is 27.2 Å². The summed E-state index contributed by atoms with van der Waals surface area (Å²) in [5.41, 5.74) is 0.748. The average Bonchev–Trinajstić information content (AvgIpc) is 2.72. The van der Waals surface area contributed by atoms with Gasteiger partial charge in [0.1, 0.15) is 5.82 Å². The van der Waals surface area contributed by atoms with E-state index in [2.05, 4.69) is 33.9 Å². The van der Waals surface area contributed by atoms with Crippen molar-refractivity contribution in [1.29, 1.82) is 0 Å². The molecule has 0 radical (unpaired) electrons. The molecule has 0 spiro atoms. The molecule has 0 bridgehead atoms. The molecule has 1 atom stereocenters. The molecule has 0 aliphatic carbocycles. The van der Waals surface area contributed by atoms with Gasteiger partial charge in [0.15, 0.2) is 0 Å². The Balaban J connectivity index is 0.00000133. The molecule has 34 heavy (non-hydrogen) atoms. The summed E-state index contributed by atoms with van der Waals surface area (Å²) in [6, 6.07) is 5.67. The van der Waals surface area contributed by atoms with Gasteiger partial charge in [0.05, 0.1) is 17.2 Å². The molecule has 0 unspecified atom stereocenters. The standard InChI is InChI=1S/C19H17F4N3O4.CCl2O/c1-10(11-3-5-12(6-4-11)17(28)29)24-18(30)26(2)25-16(27)13-7-14(19(21,22)23)9-15(20)8-13;2-1(3)4/h3-10H,1-2H3,(H,24,30)(H,25,27)(H,28,29);/t10-;/m1./s1. The second-order valence-electron chi connectivity index (χ2n) is 6.55. The Morgan fingerprint density at radius 2 is 1.53 bits per heavy atom. The van der Waals surface area contributed by atoms with Crippen LogP contribution >= 0.6 is 23.2 Å². The number of aromatic carboxylic acids is 1. The second kappa shape index (κ2) is 12.2. The van der Waals surface area contributed by atoms with Gasteiger partial charge in [0.2, 0.25) is 0 Å². The van der Waals surface area contributed by atoms with Gasteiger partial charge in [-0.25, -0.2) is 19.0 Å². The minimum absolute atomic E-state index is 0.0648. The van der Waals surface area contributed by atoms with Crippen molar-refractivity contribution >= 4 is 45.8 Å². The SMILES string of the molecule is C[C@@H](NC(=O)N(C)NC(=O)c1cc(F)cc(C(F)(F)F)c1)c1ccc(C(=O)O)cc1.O=C(Cl)Cl. The monoisotopic (exact) mass is 525 g/mol. The van der Waals surface area contributed by atoms with Gasteiger partial charge < -0.3 is 10.4 Å². The largest absolute Gasteiger partial charge is 0.478 e. The molecule has 2 aromatic rings. The number of amides is 3. The Bertz CT molecular complexity index is 1060. The third-order valence-electron chi connectivity index (χ3n) is 4.06. The molecule has 0 aliphatic heterocycles. The maximum Gasteiger partial charge on any atom is 0.416 e. The van der Waals surface area contributed by atoms with E-state index in [0.29, 0.717) is 22.7 Å². The molecule has 0 aromatic heterocycles. The average molecular weight is 526 g/mol. The summed E-state index contributed by atoms with van der Waals surface area (Å²) in [4.78, 5) is 44.2. The summed E-state index contributed by atoms with van der Waals surface area (Å²) in [6.45, 7) is 1.60. The third kappa shape index (κ3) is 9.24. The van der Waals surface area contributed by atoms with Crippen LogP contribution in [-0.2, 0) is 6.18 Å². The van der Waals surface area contributed by atoms with E-state index in [1.54, 1.807) is 6.92 Å². The van der Waals surface area contributed by atoms with Crippen molar-refractivity contribution in [2.24, 2.45) is 0 Å². The second-order valence-corrected chi connectivity index (χ2v) is 7.43. The molecule has 3 amide bonds. The van der Waals surface area contributed by atoms with E-state index in [1.165, 1.54) is 24.3 Å². The van der Waals surface area contributed by atoms with Crippen LogP contribution < -0.4 is 10.7 Å². The van der Waals surface area contributed by atoms with E-state index in [0.717, 1.165) is 7.05 Å². The molecule has 0 fully saturated rings. The number of benzene rings is 2. The number of urea groups is 1. The smallest absolute Gasteiger partial charge is 0.416 e. The molecule has 2 rings (SSSR count). The molecule has 184 valence electrons. The summed E-state index contributed by atoms with van der Waals surface area (Å²) in [5, 5.41) is 12.1. The fourth-order valence-electron chi connectivity index (χ4n) is 2.43. The summed E-state index contributed by atoms with van der Waals surface area (Å²) < 4.78 is 50.9. The van der Waals surface area contributed by atoms with Crippen LogP contribution in [0.2, 0.25) is 0 Å². The zero-order valence-corrected chi connectivity index (χ0v) is 18.9. The van der Waals surface area contributed by atoms with E-state index in [4.69, 9.17) is 9.90 Å². The van der Waals surface area contributed by atoms with Gasteiger partial charge in [-0.05, 0) is 66.0 Å². The quantitative estimate of drug-likeness (QED) is 0.289. The van der Waals surface area contributed by atoms with E-state index >= 15 is 0 Å². The first-order chi connectivity index (χ1) is 15.6. The topological polar surface area (TPSA) is 116 Å². The third-order valence-corrected chi connectivity index (χ3v) is 4.06. The maximum atomic E-state index is 13.4. The van der Waals surface area contributed by atoms with Crippen molar-refractivity contribution in [3.63, 3.8) is 0 Å². The number of alkyl halides is 3. The number of carbonyl (C=O) groups excluding carboxylic acids is 3. The summed E-state index contributed by atoms with van der Waals surface area (Å²) in [7, 11) is 1.15. The first-order valence-corrected chi connectivity index (χ1v) is 9.78. The summed E-state index contributed by atoms with van der Waals surface area (Å²) >= 11 is 8.80. The number of rotatable bonds is 4. The number of hydrogen-bond acceptors (Lipinski definition) is 4. The fraction of sp³-hybridized carbons (Fsp3) is 0.200. The molecular formula is C20H17Cl2F4N3O5. The van der Waals surface area contributed by atoms with E-state index in [1.807, 2.05) is 0 Å². The van der Waals surface area contributed by atoms with Gasteiger partial charge in [0, 0.05) is 12.6 Å². The van der Waals surface area contributed by atoms with E-state index in [9.17, 15) is 31.9 Å². The molecule has 0 aliphatic rings. The normalized spacial score (nSPS) is 11.4. The number of hydrazine groups is 1. The predicted octanol–water partition coefficient (Wildman–Crippen LogP) is 5.17. The molecule has 8 nitrogen and oxygen atoms in total. The van der Waals surface area contributed by atoms with Gasteiger partial charge in [0.25, 0.3) is 5.91 Å². The highest BCUT2D eigenvalue weighted by Crippen LogP contribution is 2.30. The zero-order chi connectivity index (χ0) is 26.2. The Morgan fingerprint density at radius 1 is 1.00 bits per heavy atom. The predicted molar refractivity (Wildman–Crippen MR) is 114 cm³/mol. The Morgan fingerprint density at radius 3 is 2.00 bits per heavy atom. The van der Waals surface area contributed by atoms with Crippen molar-refractivity contribution in [2.75, 3.05) is 7.05 Å². The molecule has 0 saturated heterocycles. The van der Waals surface area contributed by atoms with E-state index in [-0.39, 0.29) is 11.6 Å². The van der Waals surface area contributed by atoms with Gasteiger partial charge in [-0.2, -0.15) is 13.2 Å². The van der Waals surface area contributed by atoms with Crippen molar-refractivity contribution in [3.8, 4) is 0 Å². The molecule has 14 heteroatoms. The maximum absolute atomic E-state index is 13.4. The Kier molecular flexibility index (Phi) is 10.3. The molecule has 3 N–H and O–H groups in total. The number of carboxylic acids is 1.